The molecule has 2 aliphatic rings. The minimum Gasteiger partial charge on any atom is -0.457 e. The number of hydrogen-bond acceptors (Lipinski definition) is 4. The molecule has 0 aromatic heterocycles. The number of ether oxygens (including phenoxy) is 3. The number of halogens is 2. The monoisotopic (exact) mass is 389 g/mol. The summed E-state index contributed by atoms with van der Waals surface area (Å²) in [5.74, 6) is -0.298. The summed E-state index contributed by atoms with van der Waals surface area (Å²) < 4.78 is 32.1. The van der Waals surface area contributed by atoms with Gasteiger partial charge in [-0.1, -0.05) is 15.9 Å². The Morgan fingerprint density at radius 2 is 2.00 bits per heavy atom. The van der Waals surface area contributed by atoms with E-state index in [1.54, 1.807) is 0 Å². The zero-order valence-corrected chi connectivity index (χ0v) is 14.2. The molecule has 0 N–H and O–H groups in total. The fourth-order valence-corrected chi connectivity index (χ4v) is 4.00. The lowest BCUT2D eigenvalue weighted by Gasteiger charge is -2.24. The highest BCUT2D eigenvalue weighted by atomic mass is 79.9. The highest BCUT2D eigenvalue weighted by molar-refractivity contribution is 9.10. The van der Waals surface area contributed by atoms with E-state index >= 15 is 0 Å². The molecule has 1 spiro atoms. The summed E-state index contributed by atoms with van der Waals surface area (Å²) in [6.07, 6.45) is 1.46. The molecule has 1 aliphatic carbocycles. The van der Waals surface area contributed by atoms with Crippen molar-refractivity contribution in [1.82, 2.24) is 0 Å². The Balaban J connectivity index is 1.75. The van der Waals surface area contributed by atoms with Gasteiger partial charge in [0.25, 0.3) is 0 Å². The Morgan fingerprint density at radius 3 is 2.75 bits per heavy atom. The molecule has 122 valence electrons. The highest BCUT2D eigenvalue weighted by Crippen LogP contribution is 2.50. The van der Waals surface area contributed by atoms with Crippen LogP contribution in [0.1, 0.15) is 23.1 Å². The molecule has 1 fully saturated rings. The third-order valence-electron chi connectivity index (χ3n) is 4.29. The Morgan fingerprint density at radius 1 is 1.21 bits per heavy atom. The molecule has 24 heavy (non-hydrogen) atoms. The molecule has 1 saturated heterocycles. The van der Waals surface area contributed by atoms with Crippen LogP contribution in [0.2, 0.25) is 0 Å². The van der Waals surface area contributed by atoms with Gasteiger partial charge in [0.1, 0.15) is 17.3 Å². The van der Waals surface area contributed by atoms with Crippen molar-refractivity contribution in [2.75, 3.05) is 13.2 Å². The maximum absolute atomic E-state index is 13.6. The third kappa shape index (κ3) is 2.49. The molecular formula is C18H13BrFNO3. The van der Waals surface area contributed by atoms with Crippen LogP contribution >= 0.6 is 15.9 Å². The largest absolute Gasteiger partial charge is 0.457 e. The van der Waals surface area contributed by atoms with Crippen LogP contribution in [0.5, 0.6) is 11.5 Å². The lowest BCUT2D eigenvalue weighted by atomic mass is 10.1. The molecule has 1 heterocycles. The Kier molecular flexibility index (Phi) is 3.80. The first kappa shape index (κ1) is 15.6. The Hall–Kier alpha value is -1.94. The zero-order valence-electron chi connectivity index (χ0n) is 12.6. The van der Waals surface area contributed by atoms with Crippen molar-refractivity contribution in [3.63, 3.8) is 0 Å². The first-order chi connectivity index (χ1) is 11.6. The van der Waals surface area contributed by atoms with E-state index in [4.69, 9.17) is 19.5 Å². The maximum atomic E-state index is 13.6. The van der Waals surface area contributed by atoms with Crippen LogP contribution in [0, 0.1) is 17.1 Å². The van der Waals surface area contributed by atoms with E-state index in [0.29, 0.717) is 31.1 Å². The first-order valence-corrected chi connectivity index (χ1v) is 8.39. The average molecular weight is 390 g/mol. The number of hydrogen-bond donors (Lipinski definition) is 0. The minimum absolute atomic E-state index is 0.220. The van der Waals surface area contributed by atoms with Gasteiger partial charge >= 0.3 is 0 Å². The van der Waals surface area contributed by atoms with Crippen molar-refractivity contribution in [3.05, 3.63) is 57.3 Å². The number of nitrogens with zero attached hydrogens (tertiary/aromatic N) is 1. The van der Waals surface area contributed by atoms with E-state index in [1.165, 1.54) is 18.2 Å². The van der Waals surface area contributed by atoms with Gasteiger partial charge in [-0.3, -0.25) is 0 Å². The quantitative estimate of drug-likeness (QED) is 0.763. The molecule has 0 saturated carbocycles. The van der Waals surface area contributed by atoms with Crippen molar-refractivity contribution in [3.8, 4) is 17.6 Å². The zero-order chi connectivity index (χ0) is 16.7. The van der Waals surface area contributed by atoms with Crippen LogP contribution in [-0.4, -0.2) is 13.2 Å². The molecule has 2 aromatic carbocycles. The smallest absolute Gasteiger partial charge is 0.196 e. The summed E-state index contributed by atoms with van der Waals surface area (Å²) in [7, 11) is 0. The van der Waals surface area contributed by atoms with Gasteiger partial charge in [-0.05, 0) is 30.7 Å². The van der Waals surface area contributed by atoms with Crippen LogP contribution in [0.4, 0.5) is 4.39 Å². The van der Waals surface area contributed by atoms with Gasteiger partial charge in [0.05, 0.1) is 24.8 Å². The van der Waals surface area contributed by atoms with E-state index in [1.807, 2.05) is 18.2 Å². The molecule has 0 radical (unpaired) electrons. The van der Waals surface area contributed by atoms with Crippen LogP contribution in [0.15, 0.2) is 34.8 Å². The van der Waals surface area contributed by atoms with Crippen LogP contribution in [0.25, 0.3) is 0 Å². The normalized spacial score (nSPS) is 17.7. The lowest BCUT2D eigenvalue weighted by Crippen LogP contribution is -2.23. The predicted octanol–water partition coefficient (Wildman–Crippen LogP) is 4.40. The molecule has 4 nitrogen and oxygen atoms in total. The van der Waals surface area contributed by atoms with Gasteiger partial charge in [0.15, 0.2) is 5.79 Å². The minimum atomic E-state index is -0.715. The van der Waals surface area contributed by atoms with Crippen molar-refractivity contribution >= 4 is 15.9 Å². The molecule has 0 amide bonds. The van der Waals surface area contributed by atoms with Gasteiger partial charge in [-0.15, -0.1) is 0 Å². The van der Waals surface area contributed by atoms with E-state index in [-0.39, 0.29) is 5.56 Å². The number of benzene rings is 2. The average Bonchev–Trinajstić information content (AvgIpc) is 3.19. The molecule has 4 rings (SSSR count). The number of nitriles is 1. The third-order valence-corrected chi connectivity index (χ3v) is 4.95. The van der Waals surface area contributed by atoms with E-state index in [0.717, 1.165) is 22.0 Å². The summed E-state index contributed by atoms with van der Waals surface area (Å²) in [5, 5.41) is 8.97. The SMILES string of the molecule is N#Cc1cc(F)cc(Oc2ccc(Br)c3c2CCC32OCCO2)c1. The molecule has 0 unspecified atom stereocenters. The second-order valence-electron chi connectivity index (χ2n) is 5.74. The van der Waals surface area contributed by atoms with Gasteiger partial charge in [-0.2, -0.15) is 5.26 Å². The number of fused-ring (bicyclic) bond motifs is 2. The van der Waals surface area contributed by atoms with Gasteiger partial charge < -0.3 is 14.2 Å². The first-order valence-electron chi connectivity index (χ1n) is 7.60. The standard InChI is InChI=1S/C18H13BrFNO3/c19-15-1-2-16(24-13-8-11(10-21)7-12(20)9-13)14-3-4-18(17(14)15)22-5-6-23-18/h1-2,7-9H,3-6H2. The maximum Gasteiger partial charge on any atom is 0.196 e. The van der Waals surface area contributed by atoms with E-state index in [2.05, 4.69) is 15.9 Å². The van der Waals surface area contributed by atoms with Crippen LogP contribution in [0.3, 0.4) is 0 Å². The number of rotatable bonds is 2. The Labute approximate surface area is 146 Å². The van der Waals surface area contributed by atoms with E-state index < -0.39 is 11.6 Å². The second kappa shape index (κ2) is 5.85. The molecule has 0 bridgehead atoms. The van der Waals surface area contributed by atoms with Gasteiger partial charge in [0.2, 0.25) is 0 Å². The lowest BCUT2D eigenvalue weighted by molar-refractivity contribution is -0.163. The fourth-order valence-electron chi connectivity index (χ4n) is 3.33. The summed E-state index contributed by atoms with van der Waals surface area (Å²) in [4.78, 5) is 0. The van der Waals surface area contributed by atoms with Crippen molar-refractivity contribution in [2.24, 2.45) is 0 Å². The van der Waals surface area contributed by atoms with E-state index in [9.17, 15) is 4.39 Å². The van der Waals surface area contributed by atoms with Gasteiger partial charge in [-0.25, -0.2) is 4.39 Å². The molecule has 1 aliphatic heterocycles. The summed E-state index contributed by atoms with van der Waals surface area (Å²) >= 11 is 3.57. The predicted molar refractivity (Wildman–Crippen MR) is 87.2 cm³/mol. The highest BCUT2D eigenvalue weighted by Gasteiger charge is 2.46. The van der Waals surface area contributed by atoms with Gasteiger partial charge in [0, 0.05) is 28.1 Å². The molecule has 2 aromatic rings. The molecular weight excluding hydrogens is 377 g/mol. The van der Waals surface area contributed by atoms with Crippen molar-refractivity contribution in [1.29, 1.82) is 5.26 Å². The Bertz CT molecular complexity index is 856. The van der Waals surface area contributed by atoms with Crippen LogP contribution < -0.4 is 4.74 Å². The summed E-state index contributed by atoms with van der Waals surface area (Å²) in [5.41, 5.74) is 2.14. The second-order valence-corrected chi connectivity index (χ2v) is 6.59. The topological polar surface area (TPSA) is 51.5 Å². The fraction of sp³-hybridized carbons (Fsp3) is 0.278. The van der Waals surface area contributed by atoms with Crippen LogP contribution in [-0.2, 0) is 21.7 Å². The molecule has 6 heteroatoms. The van der Waals surface area contributed by atoms with Crippen molar-refractivity contribution < 1.29 is 18.6 Å². The van der Waals surface area contributed by atoms with Crippen molar-refractivity contribution in [2.45, 2.75) is 18.6 Å². The molecule has 0 atom stereocenters. The summed E-state index contributed by atoms with van der Waals surface area (Å²) in [6.45, 7) is 1.12. The summed E-state index contributed by atoms with van der Waals surface area (Å²) in [6, 6.07) is 9.59.